The van der Waals surface area contributed by atoms with E-state index >= 15 is 0 Å². The minimum absolute atomic E-state index is 0.0137. The maximum Gasteiger partial charge on any atom is 0.318 e. The van der Waals surface area contributed by atoms with Gasteiger partial charge in [-0.05, 0) is 44.7 Å². The first-order chi connectivity index (χ1) is 11.7. The SMILES string of the molecule is C[C@H](NC(=O)N1CCC[C@H]1c1nc2ccccc2s1)[C@H]1CCCO1. The summed E-state index contributed by atoms with van der Waals surface area (Å²) in [6.45, 7) is 3.64. The molecule has 4 rings (SSSR count). The van der Waals surface area contributed by atoms with Crippen LogP contribution in [0.1, 0.15) is 43.7 Å². The zero-order valence-electron chi connectivity index (χ0n) is 13.9. The Kier molecular flexibility index (Phi) is 4.41. The molecule has 6 heteroatoms. The van der Waals surface area contributed by atoms with E-state index in [0.717, 1.165) is 49.4 Å². The molecule has 3 heterocycles. The number of fused-ring (bicyclic) bond motifs is 1. The molecular formula is C18H23N3O2S. The van der Waals surface area contributed by atoms with Crippen LogP contribution in [-0.4, -0.2) is 41.2 Å². The van der Waals surface area contributed by atoms with Gasteiger partial charge >= 0.3 is 6.03 Å². The van der Waals surface area contributed by atoms with Crippen LogP contribution in [0.4, 0.5) is 4.79 Å². The highest BCUT2D eigenvalue weighted by Crippen LogP contribution is 2.36. The molecule has 0 aliphatic carbocycles. The molecule has 0 saturated carbocycles. The quantitative estimate of drug-likeness (QED) is 0.922. The minimum atomic E-state index is 0.0137. The topological polar surface area (TPSA) is 54.5 Å². The Hall–Kier alpha value is -1.66. The van der Waals surface area contributed by atoms with Gasteiger partial charge in [-0.15, -0.1) is 11.3 Å². The molecule has 0 bridgehead atoms. The Morgan fingerprint density at radius 2 is 2.25 bits per heavy atom. The van der Waals surface area contributed by atoms with Crippen LogP contribution in [0.15, 0.2) is 24.3 Å². The number of benzene rings is 1. The predicted octanol–water partition coefficient (Wildman–Crippen LogP) is 3.71. The summed E-state index contributed by atoms with van der Waals surface area (Å²) in [5.74, 6) is 0. The highest BCUT2D eigenvalue weighted by atomic mass is 32.1. The molecule has 3 atom stereocenters. The number of likely N-dealkylation sites (tertiary alicyclic amines) is 1. The van der Waals surface area contributed by atoms with Crippen LogP contribution >= 0.6 is 11.3 Å². The number of nitrogens with zero attached hydrogens (tertiary/aromatic N) is 2. The van der Waals surface area contributed by atoms with Crippen molar-refractivity contribution in [3.8, 4) is 0 Å². The van der Waals surface area contributed by atoms with Crippen LogP contribution in [0, 0.1) is 0 Å². The molecule has 128 valence electrons. The molecule has 2 saturated heterocycles. The van der Waals surface area contributed by atoms with Crippen molar-refractivity contribution in [3.05, 3.63) is 29.3 Å². The van der Waals surface area contributed by atoms with Gasteiger partial charge in [-0.25, -0.2) is 9.78 Å². The molecule has 2 fully saturated rings. The minimum Gasteiger partial charge on any atom is -0.376 e. The lowest BCUT2D eigenvalue weighted by Crippen LogP contribution is -2.47. The van der Waals surface area contributed by atoms with Gasteiger partial charge < -0.3 is 15.0 Å². The lowest BCUT2D eigenvalue weighted by molar-refractivity contribution is 0.0829. The maximum atomic E-state index is 12.7. The highest BCUT2D eigenvalue weighted by Gasteiger charge is 2.34. The molecule has 1 aromatic carbocycles. The second-order valence-electron chi connectivity index (χ2n) is 6.66. The number of carbonyl (C=O) groups excluding carboxylic acids is 1. The fourth-order valence-electron chi connectivity index (χ4n) is 3.67. The zero-order valence-corrected chi connectivity index (χ0v) is 14.7. The summed E-state index contributed by atoms with van der Waals surface area (Å²) in [6, 6.07) is 8.33. The van der Waals surface area contributed by atoms with Gasteiger partial charge in [0.15, 0.2) is 0 Å². The molecule has 5 nitrogen and oxygen atoms in total. The molecule has 0 spiro atoms. The van der Waals surface area contributed by atoms with Crippen molar-refractivity contribution in [2.75, 3.05) is 13.2 Å². The lowest BCUT2D eigenvalue weighted by atomic mass is 10.1. The molecule has 2 amide bonds. The molecule has 2 aromatic rings. The summed E-state index contributed by atoms with van der Waals surface area (Å²) in [5, 5.41) is 4.19. The first kappa shape index (κ1) is 15.8. The van der Waals surface area contributed by atoms with Crippen LogP contribution in [0.25, 0.3) is 10.2 Å². The predicted molar refractivity (Wildman–Crippen MR) is 95.3 cm³/mol. The summed E-state index contributed by atoms with van der Waals surface area (Å²) in [4.78, 5) is 19.5. The standard InChI is InChI=1S/C18H23N3O2S/c1-12(15-8-5-11-23-15)19-18(22)21-10-4-7-14(21)17-20-13-6-2-3-9-16(13)24-17/h2-3,6,9,12,14-15H,4-5,7-8,10-11H2,1H3,(H,19,22)/t12-,14-,15+/m0/s1. The highest BCUT2D eigenvalue weighted by molar-refractivity contribution is 7.18. The van der Waals surface area contributed by atoms with Crippen molar-refractivity contribution in [2.24, 2.45) is 0 Å². The lowest BCUT2D eigenvalue weighted by Gasteiger charge is -2.27. The number of rotatable bonds is 3. The number of aromatic nitrogens is 1. The molecule has 1 aromatic heterocycles. The number of amides is 2. The van der Waals surface area contributed by atoms with Crippen molar-refractivity contribution in [1.29, 1.82) is 0 Å². The molecule has 24 heavy (non-hydrogen) atoms. The van der Waals surface area contributed by atoms with Crippen molar-refractivity contribution < 1.29 is 9.53 Å². The Balaban J connectivity index is 1.48. The molecular weight excluding hydrogens is 322 g/mol. The average Bonchev–Trinajstić information content (AvgIpc) is 3.32. The normalized spacial score (nSPS) is 25.3. The van der Waals surface area contributed by atoms with Gasteiger partial charge in [-0.3, -0.25) is 0 Å². The number of hydrogen-bond acceptors (Lipinski definition) is 4. The van der Waals surface area contributed by atoms with E-state index < -0.39 is 0 Å². The summed E-state index contributed by atoms with van der Waals surface area (Å²) in [5.41, 5.74) is 1.03. The van der Waals surface area contributed by atoms with E-state index in [1.54, 1.807) is 11.3 Å². The van der Waals surface area contributed by atoms with Crippen molar-refractivity contribution in [3.63, 3.8) is 0 Å². The van der Waals surface area contributed by atoms with Crippen molar-refractivity contribution >= 4 is 27.6 Å². The number of thiazole rings is 1. The Labute approximate surface area is 146 Å². The number of urea groups is 1. The number of hydrogen-bond donors (Lipinski definition) is 1. The second-order valence-corrected chi connectivity index (χ2v) is 7.72. The summed E-state index contributed by atoms with van der Waals surface area (Å²) < 4.78 is 6.87. The first-order valence-corrected chi connectivity index (χ1v) is 9.58. The molecule has 1 N–H and O–H groups in total. The van der Waals surface area contributed by atoms with Gasteiger partial charge in [-0.1, -0.05) is 12.1 Å². The van der Waals surface area contributed by atoms with E-state index in [9.17, 15) is 4.79 Å². The van der Waals surface area contributed by atoms with Crippen LogP contribution in [-0.2, 0) is 4.74 Å². The van der Waals surface area contributed by atoms with Gasteiger partial charge in [0, 0.05) is 13.2 Å². The average molecular weight is 345 g/mol. The summed E-state index contributed by atoms with van der Waals surface area (Å²) >= 11 is 1.70. The largest absolute Gasteiger partial charge is 0.376 e. The summed E-state index contributed by atoms with van der Waals surface area (Å²) in [6.07, 6.45) is 4.28. The third-order valence-electron chi connectivity index (χ3n) is 4.98. The van der Waals surface area contributed by atoms with E-state index in [2.05, 4.69) is 11.4 Å². The van der Waals surface area contributed by atoms with E-state index in [4.69, 9.17) is 9.72 Å². The van der Waals surface area contributed by atoms with Crippen molar-refractivity contribution in [2.45, 2.75) is 50.8 Å². The van der Waals surface area contributed by atoms with Gasteiger partial charge in [0.2, 0.25) is 0 Å². The van der Waals surface area contributed by atoms with E-state index in [-0.39, 0.29) is 24.2 Å². The monoisotopic (exact) mass is 345 g/mol. The number of nitrogens with one attached hydrogen (secondary N) is 1. The van der Waals surface area contributed by atoms with Gasteiger partial charge in [-0.2, -0.15) is 0 Å². The fraction of sp³-hybridized carbons (Fsp3) is 0.556. The van der Waals surface area contributed by atoms with Gasteiger partial charge in [0.1, 0.15) is 5.01 Å². The van der Waals surface area contributed by atoms with E-state index in [0.29, 0.717) is 0 Å². The number of para-hydroxylation sites is 1. The van der Waals surface area contributed by atoms with Crippen LogP contribution in [0.5, 0.6) is 0 Å². The number of carbonyl (C=O) groups is 1. The molecule has 2 aliphatic rings. The maximum absolute atomic E-state index is 12.7. The van der Waals surface area contributed by atoms with E-state index in [1.807, 2.05) is 30.0 Å². The Bertz CT molecular complexity index is 693. The fourth-order valence-corrected chi connectivity index (χ4v) is 4.78. The zero-order chi connectivity index (χ0) is 16.5. The summed E-state index contributed by atoms with van der Waals surface area (Å²) in [7, 11) is 0. The first-order valence-electron chi connectivity index (χ1n) is 8.76. The number of ether oxygens (including phenoxy) is 1. The third-order valence-corrected chi connectivity index (χ3v) is 6.12. The van der Waals surface area contributed by atoms with Crippen LogP contribution < -0.4 is 5.32 Å². The van der Waals surface area contributed by atoms with E-state index in [1.165, 1.54) is 4.70 Å². The van der Waals surface area contributed by atoms with Crippen LogP contribution in [0.3, 0.4) is 0 Å². The van der Waals surface area contributed by atoms with Gasteiger partial charge in [0.05, 0.1) is 28.4 Å². The second kappa shape index (κ2) is 6.69. The van der Waals surface area contributed by atoms with Crippen LogP contribution in [0.2, 0.25) is 0 Å². The Morgan fingerprint density at radius 1 is 1.38 bits per heavy atom. The molecule has 2 aliphatic heterocycles. The Morgan fingerprint density at radius 3 is 3.04 bits per heavy atom. The van der Waals surface area contributed by atoms with Crippen molar-refractivity contribution in [1.82, 2.24) is 15.2 Å². The smallest absolute Gasteiger partial charge is 0.318 e. The molecule has 0 radical (unpaired) electrons. The third kappa shape index (κ3) is 3.00. The molecule has 0 unspecified atom stereocenters. The van der Waals surface area contributed by atoms with Gasteiger partial charge in [0.25, 0.3) is 0 Å².